The van der Waals surface area contributed by atoms with E-state index < -0.39 is 6.10 Å². The molecular formula is C21H30FNO2. The highest BCUT2D eigenvalue weighted by atomic mass is 19.1. The molecule has 1 aromatic heterocycles. The van der Waals surface area contributed by atoms with E-state index in [0.717, 1.165) is 12.1 Å². The van der Waals surface area contributed by atoms with Crippen molar-refractivity contribution in [2.24, 2.45) is 0 Å². The van der Waals surface area contributed by atoms with Crippen molar-refractivity contribution in [3.8, 4) is 5.75 Å². The lowest BCUT2D eigenvalue weighted by molar-refractivity contribution is 0.0438. The van der Waals surface area contributed by atoms with Gasteiger partial charge in [0.25, 0.3) is 0 Å². The first-order chi connectivity index (χ1) is 12.3. The number of pyridine rings is 1. The summed E-state index contributed by atoms with van der Waals surface area (Å²) in [4.78, 5) is 4.31. The van der Waals surface area contributed by atoms with Crippen LogP contribution in [0.1, 0.15) is 58.3 Å². The summed E-state index contributed by atoms with van der Waals surface area (Å²) >= 11 is 0. The Balaban J connectivity index is 0.00000151. The standard InChI is InChI=1S/C19H24FNO2.C2H6/c1-2-3-4-9-14-22-15-19(17-11-7-8-13-21-17)23-18-12-6-5-10-16(18)20;1-2/h5-8,10-13,19H,2-4,9,14-15H2,1H3;1-2H3. The SMILES string of the molecule is CC.CCCCCCOCC(Oc1ccccc1F)c1ccccn1. The average molecular weight is 347 g/mol. The molecule has 0 saturated carbocycles. The van der Waals surface area contributed by atoms with E-state index in [1.54, 1.807) is 24.4 Å². The Morgan fingerprint density at radius 2 is 1.76 bits per heavy atom. The van der Waals surface area contributed by atoms with Gasteiger partial charge < -0.3 is 9.47 Å². The predicted molar refractivity (Wildman–Crippen MR) is 100 cm³/mol. The van der Waals surface area contributed by atoms with Gasteiger partial charge in [0.2, 0.25) is 0 Å². The van der Waals surface area contributed by atoms with E-state index in [1.807, 2.05) is 32.0 Å². The highest BCUT2D eigenvalue weighted by molar-refractivity contribution is 5.24. The molecule has 1 heterocycles. The number of para-hydroxylation sites is 1. The summed E-state index contributed by atoms with van der Waals surface area (Å²) in [5, 5.41) is 0. The topological polar surface area (TPSA) is 31.4 Å². The summed E-state index contributed by atoms with van der Waals surface area (Å²) in [5.41, 5.74) is 0.740. The molecule has 4 heteroatoms. The van der Waals surface area contributed by atoms with Crippen molar-refractivity contribution in [2.75, 3.05) is 13.2 Å². The molecule has 0 aliphatic heterocycles. The molecule has 0 radical (unpaired) electrons. The second-order valence-corrected chi connectivity index (χ2v) is 5.43. The first-order valence-electron chi connectivity index (χ1n) is 9.21. The molecule has 138 valence electrons. The van der Waals surface area contributed by atoms with Crippen molar-refractivity contribution >= 4 is 0 Å². The highest BCUT2D eigenvalue weighted by Gasteiger charge is 2.17. The zero-order chi connectivity index (χ0) is 18.3. The maximum absolute atomic E-state index is 13.8. The van der Waals surface area contributed by atoms with E-state index in [0.29, 0.717) is 13.2 Å². The van der Waals surface area contributed by atoms with Crippen LogP contribution in [0, 0.1) is 5.82 Å². The van der Waals surface area contributed by atoms with Crippen molar-refractivity contribution in [3.63, 3.8) is 0 Å². The van der Waals surface area contributed by atoms with Crippen molar-refractivity contribution in [3.05, 3.63) is 60.2 Å². The van der Waals surface area contributed by atoms with Crippen LogP contribution in [0.25, 0.3) is 0 Å². The van der Waals surface area contributed by atoms with E-state index >= 15 is 0 Å². The fourth-order valence-electron chi connectivity index (χ4n) is 2.26. The number of unbranched alkanes of at least 4 members (excludes halogenated alkanes) is 3. The summed E-state index contributed by atoms with van der Waals surface area (Å²) in [7, 11) is 0. The summed E-state index contributed by atoms with van der Waals surface area (Å²) in [6.07, 6.45) is 5.90. The minimum absolute atomic E-state index is 0.220. The van der Waals surface area contributed by atoms with Crippen LogP contribution in [-0.2, 0) is 4.74 Å². The largest absolute Gasteiger partial charge is 0.479 e. The highest BCUT2D eigenvalue weighted by Crippen LogP contribution is 2.23. The quantitative estimate of drug-likeness (QED) is 0.497. The van der Waals surface area contributed by atoms with Gasteiger partial charge in [0, 0.05) is 12.8 Å². The minimum Gasteiger partial charge on any atom is -0.479 e. The Kier molecular flexibility index (Phi) is 11.3. The van der Waals surface area contributed by atoms with Crippen molar-refractivity contribution in [2.45, 2.75) is 52.6 Å². The summed E-state index contributed by atoms with van der Waals surface area (Å²) in [6, 6.07) is 12.0. The third-order valence-electron chi connectivity index (χ3n) is 3.53. The number of halogens is 1. The smallest absolute Gasteiger partial charge is 0.165 e. The first kappa shape index (κ1) is 21.1. The molecule has 25 heavy (non-hydrogen) atoms. The van der Waals surface area contributed by atoms with Gasteiger partial charge in [0.05, 0.1) is 12.3 Å². The molecule has 0 spiro atoms. The fourth-order valence-corrected chi connectivity index (χ4v) is 2.26. The molecule has 0 N–H and O–H groups in total. The Bertz CT molecular complexity index is 563. The zero-order valence-electron chi connectivity index (χ0n) is 15.6. The number of ether oxygens (including phenoxy) is 2. The maximum atomic E-state index is 13.8. The molecule has 1 atom stereocenters. The number of rotatable bonds is 10. The summed E-state index contributed by atoms with van der Waals surface area (Å²) in [5.74, 6) is -0.158. The van der Waals surface area contributed by atoms with Gasteiger partial charge in [-0.25, -0.2) is 4.39 Å². The molecule has 3 nitrogen and oxygen atoms in total. The molecule has 0 aliphatic rings. The molecule has 0 amide bonds. The molecular weight excluding hydrogens is 317 g/mol. The minimum atomic E-state index is -0.417. The third-order valence-corrected chi connectivity index (χ3v) is 3.53. The Morgan fingerprint density at radius 3 is 2.44 bits per heavy atom. The van der Waals surface area contributed by atoms with Gasteiger partial charge in [0.1, 0.15) is 0 Å². The lowest BCUT2D eigenvalue weighted by atomic mass is 10.2. The lowest BCUT2D eigenvalue weighted by Crippen LogP contribution is -2.17. The average Bonchev–Trinajstić information content (AvgIpc) is 2.67. The third kappa shape index (κ3) is 8.12. The van der Waals surface area contributed by atoms with Crippen molar-refractivity contribution in [1.29, 1.82) is 0 Å². The number of hydrogen-bond acceptors (Lipinski definition) is 3. The fraction of sp³-hybridized carbons (Fsp3) is 0.476. The van der Waals surface area contributed by atoms with Crippen LogP contribution in [0.5, 0.6) is 5.75 Å². The second-order valence-electron chi connectivity index (χ2n) is 5.43. The normalized spacial score (nSPS) is 11.4. The molecule has 0 bridgehead atoms. The van der Waals surface area contributed by atoms with Crippen LogP contribution in [0.2, 0.25) is 0 Å². The zero-order valence-corrected chi connectivity index (χ0v) is 15.6. The predicted octanol–water partition coefficient (Wildman–Crippen LogP) is 5.96. The van der Waals surface area contributed by atoms with Crippen molar-refractivity contribution < 1.29 is 13.9 Å². The monoisotopic (exact) mass is 347 g/mol. The van der Waals surface area contributed by atoms with Gasteiger partial charge in [0.15, 0.2) is 17.7 Å². The molecule has 2 rings (SSSR count). The first-order valence-corrected chi connectivity index (χ1v) is 9.21. The second kappa shape index (κ2) is 13.4. The Morgan fingerprint density at radius 1 is 1.00 bits per heavy atom. The van der Waals surface area contributed by atoms with Crippen LogP contribution in [0.4, 0.5) is 4.39 Å². The molecule has 0 fully saturated rings. The van der Waals surface area contributed by atoms with E-state index in [-0.39, 0.29) is 11.6 Å². The maximum Gasteiger partial charge on any atom is 0.165 e. The van der Waals surface area contributed by atoms with E-state index in [9.17, 15) is 4.39 Å². The van der Waals surface area contributed by atoms with E-state index in [2.05, 4.69) is 11.9 Å². The lowest BCUT2D eigenvalue weighted by Gasteiger charge is -2.19. The Hall–Kier alpha value is -1.94. The van der Waals surface area contributed by atoms with Crippen LogP contribution >= 0.6 is 0 Å². The molecule has 1 aromatic carbocycles. The van der Waals surface area contributed by atoms with Gasteiger partial charge in [-0.2, -0.15) is 0 Å². The van der Waals surface area contributed by atoms with Crippen LogP contribution in [0.15, 0.2) is 48.7 Å². The molecule has 1 unspecified atom stereocenters. The van der Waals surface area contributed by atoms with Crippen molar-refractivity contribution in [1.82, 2.24) is 4.98 Å². The van der Waals surface area contributed by atoms with E-state index in [4.69, 9.17) is 9.47 Å². The van der Waals surface area contributed by atoms with Crippen LogP contribution in [0.3, 0.4) is 0 Å². The van der Waals surface area contributed by atoms with E-state index in [1.165, 1.54) is 25.3 Å². The van der Waals surface area contributed by atoms with Gasteiger partial charge >= 0.3 is 0 Å². The summed E-state index contributed by atoms with van der Waals surface area (Å²) < 4.78 is 25.3. The number of nitrogens with zero attached hydrogens (tertiary/aromatic N) is 1. The summed E-state index contributed by atoms with van der Waals surface area (Å²) in [6.45, 7) is 7.22. The van der Waals surface area contributed by atoms with Gasteiger partial charge in [-0.15, -0.1) is 0 Å². The molecule has 0 saturated heterocycles. The number of aromatic nitrogens is 1. The molecule has 2 aromatic rings. The van der Waals surface area contributed by atoms with Gasteiger partial charge in [-0.05, 0) is 30.7 Å². The van der Waals surface area contributed by atoms with Crippen LogP contribution < -0.4 is 4.74 Å². The van der Waals surface area contributed by atoms with Gasteiger partial charge in [-0.3, -0.25) is 4.98 Å². The molecule has 0 aliphatic carbocycles. The number of benzene rings is 1. The van der Waals surface area contributed by atoms with Crippen LogP contribution in [-0.4, -0.2) is 18.2 Å². The van der Waals surface area contributed by atoms with Gasteiger partial charge in [-0.1, -0.05) is 58.2 Å². The Labute approximate surface area is 151 Å². The number of hydrogen-bond donors (Lipinski definition) is 0.